The maximum Gasteiger partial charge on any atom is 0.240 e. The molecule has 136 valence electrons. The van der Waals surface area contributed by atoms with Crippen LogP contribution in [0, 0.1) is 17.8 Å². The van der Waals surface area contributed by atoms with Crippen molar-refractivity contribution in [2.24, 2.45) is 17.8 Å². The van der Waals surface area contributed by atoms with Gasteiger partial charge in [-0.3, -0.25) is 14.4 Å². The molecular formula is C21H23NO4. The number of benzene rings is 1. The Hall–Kier alpha value is -2.01. The standard InChI is InChI=1S/C21H23NO4/c23-15-11-10-13-7-3-2-6-12-21(13)17-16(18(15)26-21)19(24)22(20(17)25)14-8-4-1-5-9-14/h1,4-5,8-9,13,16-18H,2-3,6-7,10-12H2/t13?,16-,17-,18+,21-/m1/s1. The van der Waals surface area contributed by atoms with Crippen LogP contribution in [0.25, 0.3) is 0 Å². The number of amides is 2. The highest BCUT2D eigenvalue weighted by molar-refractivity contribution is 6.24. The van der Waals surface area contributed by atoms with Crippen LogP contribution in [0.15, 0.2) is 30.3 Å². The van der Waals surface area contributed by atoms with Crippen molar-refractivity contribution in [1.82, 2.24) is 0 Å². The highest BCUT2D eigenvalue weighted by Gasteiger charge is 2.70. The number of rotatable bonds is 1. The molecule has 1 aromatic rings. The van der Waals surface area contributed by atoms with Gasteiger partial charge >= 0.3 is 0 Å². The highest BCUT2D eigenvalue weighted by atomic mass is 16.5. The molecule has 5 rings (SSSR count). The number of Topliss-reactive ketones (excluding diaryl/α,β-unsaturated/α-hetero) is 1. The third-order valence-corrected chi connectivity index (χ3v) is 6.93. The number of hydrogen-bond acceptors (Lipinski definition) is 4. The Kier molecular flexibility index (Phi) is 3.58. The SMILES string of the molecule is O=C1CCC2CCCCC[C@@]23O[C@@H]1[C@@H]1C(=O)N(c2ccccc2)C(=O)[C@@H]13. The zero-order chi connectivity index (χ0) is 17.9. The Balaban J connectivity index is 1.63. The van der Waals surface area contributed by atoms with E-state index in [-0.39, 0.29) is 23.5 Å². The van der Waals surface area contributed by atoms with Crippen molar-refractivity contribution in [2.75, 3.05) is 4.90 Å². The number of nitrogens with zero attached hydrogens (tertiary/aromatic N) is 1. The fraction of sp³-hybridized carbons (Fsp3) is 0.571. The summed E-state index contributed by atoms with van der Waals surface area (Å²) >= 11 is 0. The summed E-state index contributed by atoms with van der Waals surface area (Å²) in [7, 11) is 0. The van der Waals surface area contributed by atoms with Crippen molar-refractivity contribution in [3.63, 3.8) is 0 Å². The molecule has 0 aromatic heterocycles. The van der Waals surface area contributed by atoms with E-state index in [1.54, 1.807) is 12.1 Å². The van der Waals surface area contributed by atoms with Crippen LogP contribution in [0.4, 0.5) is 5.69 Å². The fourth-order valence-electron chi connectivity index (χ4n) is 5.82. The molecule has 3 heterocycles. The quantitative estimate of drug-likeness (QED) is 0.728. The van der Waals surface area contributed by atoms with E-state index in [2.05, 4.69) is 0 Å². The molecule has 5 heteroatoms. The molecule has 4 aliphatic rings. The maximum atomic E-state index is 13.4. The van der Waals surface area contributed by atoms with Crippen molar-refractivity contribution in [3.8, 4) is 0 Å². The minimum absolute atomic E-state index is 0.000935. The lowest BCUT2D eigenvalue weighted by atomic mass is 9.67. The van der Waals surface area contributed by atoms with Gasteiger partial charge in [0, 0.05) is 6.42 Å². The number of fused-ring (bicyclic) bond motifs is 3. The van der Waals surface area contributed by atoms with Crippen LogP contribution in [0.5, 0.6) is 0 Å². The average molecular weight is 353 g/mol. The lowest BCUT2D eigenvalue weighted by molar-refractivity contribution is -0.145. The van der Waals surface area contributed by atoms with E-state index in [0.717, 1.165) is 38.5 Å². The number of ether oxygens (including phenoxy) is 1. The number of carbonyl (C=O) groups is 3. The number of ketones is 1. The topological polar surface area (TPSA) is 63.7 Å². The normalized spacial score (nSPS) is 39.4. The third kappa shape index (κ3) is 2.04. The molecule has 1 saturated carbocycles. The Bertz CT molecular complexity index is 775. The second kappa shape index (κ2) is 5.74. The van der Waals surface area contributed by atoms with Gasteiger partial charge in [0.15, 0.2) is 5.78 Å². The van der Waals surface area contributed by atoms with Gasteiger partial charge in [-0.2, -0.15) is 0 Å². The third-order valence-electron chi connectivity index (χ3n) is 6.93. The van der Waals surface area contributed by atoms with Gasteiger partial charge in [-0.05, 0) is 37.3 Å². The fourth-order valence-corrected chi connectivity index (χ4v) is 5.82. The predicted octanol–water partition coefficient (Wildman–Crippen LogP) is 2.87. The molecule has 1 spiro atoms. The largest absolute Gasteiger partial charge is 0.362 e. The van der Waals surface area contributed by atoms with Crippen LogP contribution in [-0.4, -0.2) is 29.3 Å². The van der Waals surface area contributed by atoms with Crippen LogP contribution in [0.2, 0.25) is 0 Å². The van der Waals surface area contributed by atoms with Crippen LogP contribution < -0.4 is 4.90 Å². The predicted molar refractivity (Wildman–Crippen MR) is 94.3 cm³/mol. The molecule has 2 amide bonds. The van der Waals surface area contributed by atoms with Crippen molar-refractivity contribution in [2.45, 2.75) is 56.7 Å². The van der Waals surface area contributed by atoms with Gasteiger partial charge in [0.1, 0.15) is 6.10 Å². The molecule has 1 aromatic carbocycles. The summed E-state index contributed by atoms with van der Waals surface area (Å²) in [6.45, 7) is 0. The summed E-state index contributed by atoms with van der Waals surface area (Å²) < 4.78 is 6.38. The summed E-state index contributed by atoms with van der Waals surface area (Å²) in [6, 6.07) is 9.08. The molecule has 0 N–H and O–H groups in total. The monoisotopic (exact) mass is 353 g/mol. The highest BCUT2D eigenvalue weighted by Crippen LogP contribution is 2.57. The summed E-state index contributed by atoms with van der Waals surface area (Å²) in [5, 5.41) is 0. The molecule has 3 aliphatic heterocycles. The first-order valence-electron chi connectivity index (χ1n) is 9.77. The van der Waals surface area contributed by atoms with E-state index in [1.165, 1.54) is 4.90 Å². The molecular weight excluding hydrogens is 330 g/mol. The van der Waals surface area contributed by atoms with E-state index in [0.29, 0.717) is 12.1 Å². The van der Waals surface area contributed by atoms with E-state index in [1.807, 2.05) is 18.2 Å². The number of hydrogen-bond donors (Lipinski definition) is 0. The average Bonchev–Trinajstić information content (AvgIpc) is 2.96. The molecule has 3 saturated heterocycles. The Morgan fingerprint density at radius 1 is 0.962 bits per heavy atom. The first kappa shape index (κ1) is 16.2. The molecule has 5 nitrogen and oxygen atoms in total. The van der Waals surface area contributed by atoms with Gasteiger partial charge in [-0.15, -0.1) is 0 Å². The smallest absolute Gasteiger partial charge is 0.240 e. The summed E-state index contributed by atoms with van der Waals surface area (Å²) in [5.74, 6) is -1.38. The van der Waals surface area contributed by atoms with Crippen molar-refractivity contribution in [1.29, 1.82) is 0 Å². The summed E-state index contributed by atoms with van der Waals surface area (Å²) in [4.78, 5) is 40.7. The van der Waals surface area contributed by atoms with E-state index in [4.69, 9.17) is 4.74 Å². The molecule has 2 bridgehead atoms. The van der Waals surface area contributed by atoms with Gasteiger partial charge in [-0.1, -0.05) is 37.5 Å². The number of imide groups is 1. The van der Waals surface area contributed by atoms with Crippen LogP contribution in [0.3, 0.4) is 0 Å². The minimum Gasteiger partial charge on any atom is -0.362 e. The van der Waals surface area contributed by atoms with Gasteiger partial charge in [0.2, 0.25) is 11.8 Å². The number of para-hydroxylation sites is 1. The number of carbonyl (C=O) groups excluding carboxylic acids is 3. The first-order valence-corrected chi connectivity index (χ1v) is 9.77. The number of anilines is 1. The maximum absolute atomic E-state index is 13.4. The van der Waals surface area contributed by atoms with Gasteiger partial charge in [0.25, 0.3) is 0 Å². The lowest BCUT2D eigenvalue weighted by Gasteiger charge is -2.38. The van der Waals surface area contributed by atoms with Gasteiger partial charge in [-0.25, -0.2) is 4.90 Å². The van der Waals surface area contributed by atoms with Crippen molar-refractivity contribution >= 4 is 23.3 Å². The van der Waals surface area contributed by atoms with E-state index in [9.17, 15) is 14.4 Å². The van der Waals surface area contributed by atoms with Crippen molar-refractivity contribution in [3.05, 3.63) is 30.3 Å². The summed E-state index contributed by atoms with van der Waals surface area (Å²) in [5.41, 5.74) is -0.0310. The van der Waals surface area contributed by atoms with Gasteiger partial charge in [0.05, 0.1) is 23.1 Å². The van der Waals surface area contributed by atoms with Crippen LogP contribution in [0.1, 0.15) is 44.9 Å². The summed E-state index contributed by atoms with van der Waals surface area (Å²) in [6.07, 6.45) is 5.50. The molecule has 26 heavy (non-hydrogen) atoms. The van der Waals surface area contributed by atoms with Crippen LogP contribution in [-0.2, 0) is 19.1 Å². The molecule has 5 atom stereocenters. The zero-order valence-corrected chi connectivity index (χ0v) is 14.7. The van der Waals surface area contributed by atoms with Crippen molar-refractivity contribution < 1.29 is 19.1 Å². The Morgan fingerprint density at radius 2 is 1.77 bits per heavy atom. The first-order chi connectivity index (χ1) is 12.6. The van der Waals surface area contributed by atoms with E-state index < -0.39 is 23.5 Å². The van der Waals surface area contributed by atoms with E-state index >= 15 is 0 Å². The Labute approximate surface area is 152 Å². The Morgan fingerprint density at radius 3 is 2.58 bits per heavy atom. The minimum atomic E-state index is -0.742. The second-order valence-electron chi connectivity index (χ2n) is 8.15. The second-order valence-corrected chi connectivity index (χ2v) is 8.15. The van der Waals surface area contributed by atoms with Gasteiger partial charge < -0.3 is 4.74 Å². The van der Waals surface area contributed by atoms with Crippen LogP contribution >= 0.6 is 0 Å². The lowest BCUT2D eigenvalue weighted by Crippen LogP contribution is -2.47. The molecule has 4 fully saturated rings. The zero-order valence-electron chi connectivity index (χ0n) is 14.7. The molecule has 0 radical (unpaired) electrons. The molecule has 1 aliphatic carbocycles. The molecule has 1 unspecified atom stereocenters.